The first kappa shape index (κ1) is 22.4. The summed E-state index contributed by atoms with van der Waals surface area (Å²) in [5.41, 5.74) is 3.79. The number of hydrogen-bond acceptors (Lipinski definition) is 4. The third-order valence-corrected chi connectivity index (χ3v) is 5.77. The van der Waals surface area contributed by atoms with Crippen LogP contribution >= 0.6 is 11.6 Å². The first-order chi connectivity index (χ1) is 15.7. The Morgan fingerprint density at radius 1 is 0.970 bits per heavy atom. The molecule has 0 saturated carbocycles. The summed E-state index contributed by atoms with van der Waals surface area (Å²) in [5, 5.41) is 3.64. The van der Waals surface area contributed by atoms with Crippen molar-refractivity contribution in [3.8, 4) is 0 Å². The van der Waals surface area contributed by atoms with E-state index in [4.69, 9.17) is 11.6 Å². The number of aryl methyl sites for hydroxylation is 3. The average molecular weight is 460 g/mol. The number of anilines is 1. The number of hydrogen-bond donors (Lipinski definition) is 1. The van der Waals surface area contributed by atoms with Gasteiger partial charge in [-0.15, -0.1) is 0 Å². The minimum Gasteiger partial charge on any atom is -0.325 e. The lowest BCUT2D eigenvalue weighted by Crippen LogP contribution is -2.25. The fourth-order valence-electron chi connectivity index (χ4n) is 3.57. The van der Waals surface area contributed by atoms with E-state index in [1.54, 1.807) is 47.9 Å². The Kier molecular flexibility index (Phi) is 6.11. The molecule has 0 fully saturated rings. The summed E-state index contributed by atoms with van der Waals surface area (Å²) in [6.45, 7) is 5.67. The van der Waals surface area contributed by atoms with Gasteiger partial charge in [0.25, 0.3) is 0 Å². The predicted octanol–water partition coefficient (Wildman–Crippen LogP) is 4.84. The first-order valence-electron chi connectivity index (χ1n) is 10.4. The van der Waals surface area contributed by atoms with Crippen molar-refractivity contribution in [3.63, 3.8) is 0 Å². The van der Waals surface area contributed by atoms with Gasteiger partial charge >= 0.3 is 0 Å². The van der Waals surface area contributed by atoms with Gasteiger partial charge in [-0.05, 0) is 80.4 Å². The van der Waals surface area contributed by atoms with Gasteiger partial charge in [-0.2, -0.15) is 0 Å². The molecule has 7 heteroatoms. The molecule has 2 aromatic carbocycles. The van der Waals surface area contributed by atoms with Crippen molar-refractivity contribution < 1.29 is 9.59 Å². The van der Waals surface area contributed by atoms with E-state index in [1.807, 2.05) is 32.0 Å². The number of aromatic nitrogens is 2. The molecule has 0 atom stereocenters. The second-order valence-electron chi connectivity index (χ2n) is 8.01. The number of benzene rings is 2. The number of fused-ring (bicyclic) bond motifs is 1. The molecule has 0 aliphatic heterocycles. The maximum absolute atomic E-state index is 13.1. The van der Waals surface area contributed by atoms with Gasteiger partial charge < -0.3 is 9.88 Å². The fourth-order valence-corrected chi connectivity index (χ4v) is 3.70. The van der Waals surface area contributed by atoms with E-state index in [0.717, 1.165) is 11.1 Å². The molecule has 2 aromatic heterocycles. The highest BCUT2D eigenvalue weighted by molar-refractivity contribution is 6.30. The van der Waals surface area contributed by atoms with Gasteiger partial charge in [0.15, 0.2) is 5.78 Å². The predicted molar refractivity (Wildman–Crippen MR) is 130 cm³/mol. The van der Waals surface area contributed by atoms with Crippen LogP contribution in [0.4, 0.5) is 5.69 Å². The van der Waals surface area contributed by atoms with Crippen LogP contribution in [0.15, 0.2) is 65.6 Å². The highest BCUT2D eigenvalue weighted by Gasteiger charge is 2.19. The molecular weight excluding hydrogens is 438 g/mol. The Hall–Kier alpha value is -3.77. The zero-order valence-corrected chi connectivity index (χ0v) is 19.2. The van der Waals surface area contributed by atoms with E-state index in [9.17, 15) is 14.4 Å². The molecule has 0 saturated heterocycles. The Balaban J connectivity index is 1.75. The highest BCUT2D eigenvalue weighted by Crippen LogP contribution is 2.17. The van der Waals surface area contributed by atoms with Crippen LogP contribution in [0.25, 0.3) is 11.0 Å². The standard InChI is InChI=1S/C26H22ClN3O3/c1-15-4-10-20(12-16(15)2)29-23(31)14-30-13-22(24(32)18-6-8-19(27)9-7-18)25(33)21-11-5-17(3)28-26(21)30/h4-13H,14H2,1-3H3,(H,29,31). The number of nitrogens with one attached hydrogen (secondary N) is 1. The Morgan fingerprint density at radius 3 is 2.39 bits per heavy atom. The molecule has 4 aromatic rings. The number of halogens is 1. The molecule has 0 unspecified atom stereocenters. The normalized spacial score (nSPS) is 10.9. The topological polar surface area (TPSA) is 81.1 Å². The first-order valence-corrected chi connectivity index (χ1v) is 10.8. The highest BCUT2D eigenvalue weighted by atomic mass is 35.5. The minimum atomic E-state index is -0.442. The lowest BCUT2D eigenvalue weighted by atomic mass is 10.0. The van der Waals surface area contributed by atoms with E-state index in [-0.39, 0.29) is 23.4 Å². The Bertz CT molecular complexity index is 1460. The molecule has 2 heterocycles. The lowest BCUT2D eigenvalue weighted by Gasteiger charge is -2.14. The van der Waals surface area contributed by atoms with Crippen LogP contribution in [0.3, 0.4) is 0 Å². The lowest BCUT2D eigenvalue weighted by molar-refractivity contribution is -0.116. The number of carbonyl (C=O) groups excluding carboxylic acids is 2. The van der Waals surface area contributed by atoms with Crippen molar-refractivity contribution in [1.29, 1.82) is 0 Å². The van der Waals surface area contributed by atoms with E-state index in [2.05, 4.69) is 10.3 Å². The van der Waals surface area contributed by atoms with Gasteiger partial charge in [0.05, 0.1) is 10.9 Å². The second kappa shape index (κ2) is 9.00. The third-order valence-electron chi connectivity index (χ3n) is 5.52. The quantitative estimate of drug-likeness (QED) is 0.433. The second-order valence-corrected chi connectivity index (χ2v) is 8.44. The van der Waals surface area contributed by atoms with Crippen LogP contribution in [0.1, 0.15) is 32.7 Å². The van der Waals surface area contributed by atoms with Crippen molar-refractivity contribution in [2.24, 2.45) is 0 Å². The molecule has 0 aliphatic rings. The molecule has 1 amide bonds. The monoisotopic (exact) mass is 459 g/mol. The maximum atomic E-state index is 13.1. The molecule has 0 radical (unpaired) electrons. The van der Waals surface area contributed by atoms with E-state index in [0.29, 0.717) is 27.6 Å². The SMILES string of the molecule is Cc1ccc2c(=O)c(C(=O)c3ccc(Cl)cc3)cn(CC(=O)Nc3ccc(C)c(C)c3)c2n1. The van der Waals surface area contributed by atoms with Crippen LogP contribution in [0, 0.1) is 20.8 Å². The Labute approximate surface area is 195 Å². The van der Waals surface area contributed by atoms with Gasteiger partial charge in [0, 0.05) is 28.2 Å². The summed E-state index contributed by atoms with van der Waals surface area (Å²) in [6, 6.07) is 15.3. The summed E-state index contributed by atoms with van der Waals surface area (Å²) in [6.07, 6.45) is 1.41. The van der Waals surface area contributed by atoms with Crippen LogP contribution in [-0.2, 0) is 11.3 Å². The summed E-state index contributed by atoms with van der Waals surface area (Å²) in [7, 11) is 0. The van der Waals surface area contributed by atoms with Crippen LogP contribution in [-0.4, -0.2) is 21.2 Å². The van der Waals surface area contributed by atoms with Crippen molar-refractivity contribution in [3.05, 3.63) is 104 Å². The molecule has 166 valence electrons. The van der Waals surface area contributed by atoms with Crippen molar-refractivity contribution in [2.45, 2.75) is 27.3 Å². The molecule has 6 nitrogen and oxygen atoms in total. The van der Waals surface area contributed by atoms with Crippen molar-refractivity contribution >= 4 is 40.0 Å². The average Bonchev–Trinajstić information content (AvgIpc) is 2.78. The van der Waals surface area contributed by atoms with E-state index < -0.39 is 11.2 Å². The number of amides is 1. The smallest absolute Gasteiger partial charge is 0.244 e. The van der Waals surface area contributed by atoms with Crippen LogP contribution < -0.4 is 10.7 Å². The number of nitrogens with zero attached hydrogens (tertiary/aromatic N) is 2. The molecule has 4 rings (SSSR count). The fraction of sp³-hybridized carbons (Fsp3) is 0.154. The largest absolute Gasteiger partial charge is 0.325 e. The van der Waals surface area contributed by atoms with Crippen LogP contribution in [0.5, 0.6) is 0 Å². The van der Waals surface area contributed by atoms with Gasteiger partial charge in [-0.25, -0.2) is 4.98 Å². The molecule has 1 N–H and O–H groups in total. The molecule has 33 heavy (non-hydrogen) atoms. The molecular formula is C26H22ClN3O3. The summed E-state index contributed by atoms with van der Waals surface area (Å²) in [4.78, 5) is 43.5. The molecule has 0 bridgehead atoms. The van der Waals surface area contributed by atoms with E-state index in [1.165, 1.54) is 6.20 Å². The van der Waals surface area contributed by atoms with Gasteiger partial charge in [-0.3, -0.25) is 14.4 Å². The number of carbonyl (C=O) groups is 2. The molecule has 0 aliphatic carbocycles. The van der Waals surface area contributed by atoms with Gasteiger partial charge in [-0.1, -0.05) is 17.7 Å². The van der Waals surface area contributed by atoms with Crippen molar-refractivity contribution in [1.82, 2.24) is 9.55 Å². The minimum absolute atomic E-state index is 0.0329. The number of ketones is 1. The van der Waals surface area contributed by atoms with Crippen molar-refractivity contribution in [2.75, 3.05) is 5.32 Å². The zero-order chi connectivity index (χ0) is 23.7. The van der Waals surface area contributed by atoms with E-state index >= 15 is 0 Å². The third kappa shape index (κ3) is 4.71. The summed E-state index contributed by atoms with van der Waals surface area (Å²) < 4.78 is 1.54. The Morgan fingerprint density at radius 2 is 1.70 bits per heavy atom. The number of pyridine rings is 2. The van der Waals surface area contributed by atoms with Gasteiger partial charge in [0.1, 0.15) is 12.2 Å². The summed E-state index contributed by atoms with van der Waals surface area (Å²) >= 11 is 5.92. The summed E-state index contributed by atoms with van der Waals surface area (Å²) in [5.74, 6) is -0.737. The zero-order valence-electron chi connectivity index (χ0n) is 18.5. The maximum Gasteiger partial charge on any atom is 0.244 e. The molecule has 0 spiro atoms. The number of rotatable bonds is 5. The van der Waals surface area contributed by atoms with Crippen LogP contribution in [0.2, 0.25) is 5.02 Å². The van der Waals surface area contributed by atoms with Gasteiger partial charge in [0.2, 0.25) is 11.3 Å².